The Morgan fingerprint density at radius 2 is 1.69 bits per heavy atom. The molecule has 0 radical (unpaired) electrons. The third-order valence-electron chi connectivity index (χ3n) is 6.04. The number of rotatable bonds is 3. The molecule has 0 amide bonds. The molecule has 1 saturated heterocycles. The van der Waals surface area contributed by atoms with Crippen LogP contribution < -0.4 is 4.90 Å². The van der Waals surface area contributed by atoms with Gasteiger partial charge < -0.3 is 9.64 Å². The van der Waals surface area contributed by atoms with Crippen molar-refractivity contribution in [2.24, 2.45) is 0 Å². The van der Waals surface area contributed by atoms with Crippen molar-refractivity contribution in [1.29, 1.82) is 0 Å². The molecule has 2 heterocycles. The lowest BCUT2D eigenvalue weighted by Crippen LogP contribution is -2.37. The van der Waals surface area contributed by atoms with E-state index in [9.17, 15) is 0 Å². The molecule has 1 fully saturated rings. The molecule has 0 spiro atoms. The number of hydrogen-bond donors (Lipinski definition) is 0. The number of fused-ring (bicyclic) bond motifs is 1. The van der Waals surface area contributed by atoms with Crippen LogP contribution in [-0.2, 0) is 11.3 Å². The Morgan fingerprint density at radius 3 is 2.46 bits per heavy atom. The molecule has 0 aliphatic carbocycles. The van der Waals surface area contributed by atoms with Crippen molar-refractivity contribution in [3.63, 3.8) is 0 Å². The van der Waals surface area contributed by atoms with E-state index in [4.69, 9.17) is 4.74 Å². The molecule has 0 bridgehead atoms. The standard InChI is InChI=1S/C23H30N2O/c1-18-11-12-25(17-20-7-4-3-5-8-20)19(2)23-21(18)9-6-10-22(23)24-13-15-26-16-14-24/h3-10,18-19H,11-17H2,1-2H3/t18?,19-/m1/s1. The Hall–Kier alpha value is -1.84. The summed E-state index contributed by atoms with van der Waals surface area (Å²) in [7, 11) is 0. The van der Waals surface area contributed by atoms with Gasteiger partial charge in [0.05, 0.1) is 13.2 Å². The van der Waals surface area contributed by atoms with Crippen molar-refractivity contribution < 1.29 is 4.74 Å². The molecule has 26 heavy (non-hydrogen) atoms. The largest absolute Gasteiger partial charge is 0.378 e. The van der Waals surface area contributed by atoms with E-state index in [0.29, 0.717) is 12.0 Å². The molecular formula is C23H30N2O. The minimum absolute atomic E-state index is 0.425. The minimum atomic E-state index is 0.425. The first-order valence-corrected chi connectivity index (χ1v) is 9.97. The maximum absolute atomic E-state index is 5.59. The monoisotopic (exact) mass is 350 g/mol. The summed E-state index contributed by atoms with van der Waals surface area (Å²) in [4.78, 5) is 5.18. The van der Waals surface area contributed by atoms with Gasteiger partial charge in [0.1, 0.15) is 0 Å². The van der Waals surface area contributed by atoms with Crippen LogP contribution in [0.1, 0.15) is 48.9 Å². The molecule has 4 rings (SSSR count). The van der Waals surface area contributed by atoms with Crippen LogP contribution in [0.5, 0.6) is 0 Å². The normalized spacial score (nSPS) is 24.2. The van der Waals surface area contributed by atoms with Gasteiger partial charge in [-0.15, -0.1) is 0 Å². The summed E-state index contributed by atoms with van der Waals surface area (Å²) in [5, 5.41) is 0. The molecule has 0 N–H and O–H groups in total. The van der Waals surface area contributed by atoms with E-state index in [1.54, 1.807) is 0 Å². The van der Waals surface area contributed by atoms with Gasteiger partial charge >= 0.3 is 0 Å². The molecule has 3 heteroatoms. The van der Waals surface area contributed by atoms with E-state index in [2.05, 4.69) is 72.2 Å². The first-order chi connectivity index (χ1) is 12.7. The molecule has 3 nitrogen and oxygen atoms in total. The quantitative estimate of drug-likeness (QED) is 0.805. The van der Waals surface area contributed by atoms with Gasteiger partial charge in [0, 0.05) is 31.4 Å². The minimum Gasteiger partial charge on any atom is -0.378 e. The van der Waals surface area contributed by atoms with Crippen LogP contribution in [0.2, 0.25) is 0 Å². The molecule has 138 valence electrons. The molecule has 2 aromatic rings. The molecular weight excluding hydrogens is 320 g/mol. The molecule has 2 aromatic carbocycles. The Kier molecular flexibility index (Phi) is 5.28. The second kappa shape index (κ2) is 7.81. The highest BCUT2D eigenvalue weighted by molar-refractivity contribution is 5.59. The fraction of sp³-hybridized carbons (Fsp3) is 0.478. The van der Waals surface area contributed by atoms with Gasteiger partial charge in [-0.25, -0.2) is 0 Å². The van der Waals surface area contributed by atoms with Crippen molar-refractivity contribution >= 4 is 5.69 Å². The van der Waals surface area contributed by atoms with Crippen LogP contribution in [0.15, 0.2) is 48.5 Å². The number of morpholine rings is 1. The van der Waals surface area contributed by atoms with Crippen LogP contribution >= 0.6 is 0 Å². The Morgan fingerprint density at radius 1 is 0.923 bits per heavy atom. The van der Waals surface area contributed by atoms with Gasteiger partial charge in [0.2, 0.25) is 0 Å². The van der Waals surface area contributed by atoms with Crippen molar-refractivity contribution in [1.82, 2.24) is 4.90 Å². The summed E-state index contributed by atoms with van der Waals surface area (Å²) in [6.45, 7) is 10.6. The SMILES string of the molecule is CC1CCN(Cc2ccccc2)[C@H](C)c2c1cccc2N1CCOCC1. The molecule has 1 unspecified atom stereocenters. The van der Waals surface area contributed by atoms with E-state index >= 15 is 0 Å². The topological polar surface area (TPSA) is 15.7 Å². The summed E-state index contributed by atoms with van der Waals surface area (Å²) < 4.78 is 5.59. The van der Waals surface area contributed by atoms with Crippen molar-refractivity contribution in [2.45, 2.75) is 38.8 Å². The van der Waals surface area contributed by atoms with E-state index in [1.807, 2.05) is 0 Å². The summed E-state index contributed by atoms with van der Waals surface area (Å²) in [5.74, 6) is 0.606. The molecule has 2 aliphatic rings. The summed E-state index contributed by atoms with van der Waals surface area (Å²) in [5.41, 5.74) is 5.90. The number of anilines is 1. The van der Waals surface area contributed by atoms with Gasteiger partial charge in [-0.3, -0.25) is 4.90 Å². The highest BCUT2D eigenvalue weighted by Gasteiger charge is 2.29. The van der Waals surface area contributed by atoms with E-state index in [0.717, 1.165) is 39.4 Å². The summed E-state index contributed by atoms with van der Waals surface area (Å²) in [6, 6.07) is 18.2. The number of nitrogens with zero attached hydrogens (tertiary/aromatic N) is 2. The second-order valence-corrected chi connectivity index (χ2v) is 7.70. The summed E-state index contributed by atoms with van der Waals surface area (Å²) >= 11 is 0. The summed E-state index contributed by atoms with van der Waals surface area (Å²) in [6.07, 6.45) is 1.22. The lowest BCUT2D eigenvalue weighted by Gasteiger charge is -2.35. The fourth-order valence-electron chi connectivity index (χ4n) is 4.46. The zero-order valence-electron chi connectivity index (χ0n) is 16.0. The Labute approximate surface area is 157 Å². The van der Waals surface area contributed by atoms with Crippen LogP contribution in [0.4, 0.5) is 5.69 Å². The van der Waals surface area contributed by atoms with E-state index in [1.165, 1.54) is 28.8 Å². The zero-order valence-corrected chi connectivity index (χ0v) is 16.0. The third kappa shape index (κ3) is 3.51. The first kappa shape index (κ1) is 17.6. The van der Waals surface area contributed by atoms with Crippen molar-refractivity contribution in [2.75, 3.05) is 37.7 Å². The maximum Gasteiger partial charge on any atom is 0.0642 e. The molecule has 2 aliphatic heterocycles. The zero-order chi connectivity index (χ0) is 17.9. The average Bonchev–Trinajstić information content (AvgIpc) is 2.82. The third-order valence-corrected chi connectivity index (χ3v) is 6.04. The van der Waals surface area contributed by atoms with Gasteiger partial charge in [0.15, 0.2) is 0 Å². The lowest BCUT2D eigenvalue weighted by molar-refractivity contribution is 0.122. The number of benzene rings is 2. The van der Waals surface area contributed by atoms with Gasteiger partial charge in [0.25, 0.3) is 0 Å². The number of hydrogen-bond acceptors (Lipinski definition) is 3. The van der Waals surface area contributed by atoms with Crippen molar-refractivity contribution in [3.05, 3.63) is 65.2 Å². The first-order valence-electron chi connectivity index (χ1n) is 9.97. The predicted molar refractivity (Wildman–Crippen MR) is 108 cm³/mol. The highest BCUT2D eigenvalue weighted by Crippen LogP contribution is 2.41. The second-order valence-electron chi connectivity index (χ2n) is 7.70. The molecule has 0 saturated carbocycles. The smallest absolute Gasteiger partial charge is 0.0642 e. The van der Waals surface area contributed by atoms with E-state index in [-0.39, 0.29) is 0 Å². The van der Waals surface area contributed by atoms with Gasteiger partial charge in [-0.05, 0) is 48.6 Å². The Balaban J connectivity index is 1.69. The van der Waals surface area contributed by atoms with Crippen molar-refractivity contribution in [3.8, 4) is 0 Å². The van der Waals surface area contributed by atoms with Crippen LogP contribution in [0, 0.1) is 0 Å². The fourth-order valence-corrected chi connectivity index (χ4v) is 4.46. The Bertz CT molecular complexity index is 724. The predicted octanol–water partition coefficient (Wildman–Crippen LogP) is 4.59. The van der Waals surface area contributed by atoms with Crippen LogP contribution in [0.3, 0.4) is 0 Å². The van der Waals surface area contributed by atoms with Crippen LogP contribution in [0.25, 0.3) is 0 Å². The molecule has 2 atom stereocenters. The average molecular weight is 351 g/mol. The van der Waals surface area contributed by atoms with Crippen LogP contribution in [-0.4, -0.2) is 37.7 Å². The van der Waals surface area contributed by atoms with Gasteiger partial charge in [-0.1, -0.05) is 49.4 Å². The number of ether oxygens (including phenoxy) is 1. The van der Waals surface area contributed by atoms with E-state index < -0.39 is 0 Å². The highest BCUT2D eigenvalue weighted by atomic mass is 16.5. The maximum atomic E-state index is 5.59. The lowest BCUT2D eigenvalue weighted by atomic mass is 9.90. The molecule has 0 aromatic heterocycles. The van der Waals surface area contributed by atoms with Gasteiger partial charge in [-0.2, -0.15) is 0 Å².